The molecule has 3 N–H and O–H groups in total. The molecule has 0 spiro atoms. The summed E-state index contributed by atoms with van der Waals surface area (Å²) in [6.07, 6.45) is -0.885. The van der Waals surface area contributed by atoms with Crippen molar-refractivity contribution in [1.29, 1.82) is 0 Å². The molecule has 154 valence electrons. The van der Waals surface area contributed by atoms with E-state index >= 15 is 0 Å². The van der Waals surface area contributed by atoms with Crippen LogP contribution in [0.1, 0.15) is 35.2 Å². The Morgan fingerprint density at radius 1 is 1.17 bits per heavy atom. The van der Waals surface area contributed by atoms with Gasteiger partial charge in [0.2, 0.25) is 5.95 Å². The van der Waals surface area contributed by atoms with E-state index in [-0.39, 0.29) is 11.5 Å². The van der Waals surface area contributed by atoms with Gasteiger partial charge in [-0.1, -0.05) is 29.3 Å². The highest BCUT2D eigenvalue weighted by Crippen LogP contribution is 2.46. The topological polar surface area (TPSA) is 101 Å². The third kappa shape index (κ3) is 4.29. The van der Waals surface area contributed by atoms with Crippen LogP contribution in [0.5, 0.6) is 0 Å². The van der Waals surface area contributed by atoms with Crippen LogP contribution in [0.2, 0.25) is 10.0 Å². The van der Waals surface area contributed by atoms with E-state index < -0.39 is 28.5 Å². The van der Waals surface area contributed by atoms with Crippen molar-refractivity contribution in [1.82, 2.24) is 15.0 Å². The third-order valence-corrected chi connectivity index (χ3v) is 5.13. The van der Waals surface area contributed by atoms with Gasteiger partial charge in [0.25, 0.3) is 5.91 Å². The number of carbonyl (C=O) groups is 2. The van der Waals surface area contributed by atoms with Crippen LogP contribution >= 0.6 is 23.2 Å². The number of rotatable bonds is 4. The quantitative estimate of drug-likeness (QED) is 0.421. The summed E-state index contributed by atoms with van der Waals surface area (Å²) in [6, 6.07) is 5.13. The molecule has 2 amide bonds. The van der Waals surface area contributed by atoms with Crippen LogP contribution in [-0.2, 0) is 10.3 Å². The largest absolute Gasteiger partial charge is 0.473 e. The maximum absolute atomic E-state index is 12.4. The number of carbonyl (C=O) groups excluding carboxylic acids is 2. The first kappa shape index (κ1) is 21.3. The third-order valence-electron chi connectivity index (χ3n) is 4.58. The Bertz CT molecular complexity index is 949. The van der Waals surface area contributed by atoms with E-state index in [0.29, 0.717) is 10.0 Å². The number of hydrazine groups is 1. The monoisotopic (exact) mass is 447 g/mol. The molecule has 1 aromatic heterocycles. The van der Waals surface area contributed by atoms with Crippen LogP contribution in [0.4, 0.5) is 19.1 Å². The average molecular weight is 448 g/mol. The predicted octanol–water partition coefficient (Wildman–Crippen LogP) is 3.68. The number of nitrogens with one attached hydrogen (secondary N) is 1. The summed E-state index contributed by atoms with van der Waals surface area (Å²) in [6.45, 7) is 0. The molecule has 7 nitrogen and oxygen atoms in total. The zero-order chi connectivity index (χ0) is 21.4. The van der Waals surface area contributed by atoms with Gasteiger partial charge in [0.1, 0.15) is 0 Å². The van der Waals surface area contributed by atoms with Gasteiger partial charge in [0.05, 0.1) is 11.1 Å². The fraction of sp³-hybridized carbons (Fsp3) is 0.294. The molecule has 0 aliphatic heterocycles. The van der Waals surface area contributed by atoms with Crippen LogP contribution in [0, 0.1) is 0 Å². The summed E-state index contributed by atoms with van der Waals surface area (Å²) in [5.74, 6) is 1.24. The van der Waals surface area contributed by atoms with Gasteiger partial charge >= 0.3 is 12.1 Å². The summed E-state index contributed by atoms with van der Waals surface area (Å²) < 4.78 is 37.2. The van der Waals surface area contributed by atoms with Crippen molar-refractivity contribution < 1.29 is 22.8 Å². The second kappa shape index (κ2) is 7.77. The van der Waals surface area contributed by atoms with Gasteiger partial charge in [0.15, 0.2) is 0 Å². The minimum atomic E-state index is -5.28. The van der Waals surface area contributed by atoms with Gasteiger partial charge in [-0.15, -0.1) is 0 Å². The molecule has 1 aliphatic carbocycles. The molecule has 12 heteroatoms. The van der Waals surface area contributed by atoms with Crippen LogP contribution in [0.3, 0.4) is 0 Å². The number of amides is 2. The van der Waals surface area contributed by atoms with Crippen molar-refractivity contribution >= 4 is 41.0 Å². The summed E-state index contributed by atoms with van der Waals surface area (Å²) in [5.41, 5.74) is -0.0929. The standard InChI is InChI=1S/C17H14Cl2F3N5O2/c18-10-2-3-11(12(19)6-10)16(4-1-5-16)26-15-24-7-9(8-25-15)13(28)27(23)14(29)17(20,21)22/h2-3,6-8H,1,4-5,23H2,(H,24,25,26). The summed E-state index contributed by atoms with van der Waals surface area (Å²) in [5, 5.41) is 3.60. The average Bonchev–Trinajstić information content (AvgIpc) is 2.63. The first-order valence-electron chi connectivity index (χ1n) is 8.29. The summed E-state index contributed by atoms with van der Waals surface area (Å²) in [4.78, 5) is 30.9. The summed E-state index contributed by atoms with van der Waals surface area (Å²) in [7, 11) is 0. The van der Waals surface area contributed by atoms with E-state index in [1.54, 1.807) is 18.2 Å². The van der Waals surface area contributed by atoms with Crippen LogP contribution in [0.15, 0.2) is 30.6 Å². The lowest BCUT2D eigenvalue weighted by atomic mass is 9.72. The number of alkyl halides is 3. The number of hydrogen-bond acceptors (Lipinski definition) is 6. The Balaban J connectivity index is 1.78. The van der Waals surface area contributed by atoms with Crippen molar-refractivity contribution in [2.75, 3.05) is 5.32 Å². The highest BCUT2D eigenvalue weighted by molar-refractivity contribution is 6.35. The van der Waals surface area contributed by atoms with Crippen molar-refractivity contribution in [3.8, 4) is 0 Å². The van der Waals surface area contributed by atoms with Gasteiger partial charge in [0, 0.05) is 22.4 Å². The lowest BCUT2D eigenvalue weighted by molar-refractivity contribution is -0.182. The minimum absolute atomic E-state index is 0.137. The zero-order valence-corrected chi connectivity index (χ0v) is 16.1. The number of nitrogens with zero attached hydrogens (tertiary/aromatic N) is 3. The molecule has 1 aromatic carbocycles. The summed E-state index contributed by atoms with van der Waals surface area (Å²) >= 11 is 12.2. The van der Waals surface area contributed by atoms with Crippen molar-refractivity contribution in [2.45, 2.75) is 31.0 Å². The highest BCUT2D eigenvalue weighted by Gasteiger charge is 2.44. The van der Waals surface area contributed by atoms with Crippen LogP contribution in [0.25, 0.3) is 0 Å². The number of halogens is 5. The molecule has 29 heavy (non-hydrogen) atoms. The Labute approximate surface area is 173 Å². The van der Waals surface area contributed by atoms with Gasteiger partial charge in [-0.3, -0.25) is 9.59 Å². The molecule has 0 atom stereocenters. The van der Waals surface area contributed by atoms with Crippen molar-refractivity contribution in [3.05, 3.63) is 51.8 Å². The lowest BCUT2D eigenvalue weighted by Crippen LogP contribution is -2.49. The minimum Gasteiger partial charge on any atom is -0.345 e. The molecule has 2 aromatic rings. The van der Waals surface area contributed by atoms with Crippen molar-refractivity contribution in [3.63, 3.8) is 0 Å². The number of benzene rings is 1. The second-order valence-electron chi connectivity index (χ2n) is 6.46. The molecule has 0 bridgehead atoms. The van der Waals surface area contributed by atoms with E-state index in [2.05, 4.69) is 15.3 Å². The first-order valence-corrected chi connectivity index (χ1v) is 9.05. The maximum Gasteiger partial charge on any atom is 0.473 e. The Morgan fingerprint density at radius 3 is 2.28 bits per heavy atom. The smallest absolute Gasteiger partial charge is 0.345 e. The van der Waals surface area contributed by atoms with Crippen LogP contribution < -0.4 is 11.2 Å². The molecular formula is C17H14Cl2F3N5O2. The van der Waals surface area contributed by atoms with Crippen LogP contribution in [-0.4, -0.2) is 33.0 Å². The fourth-order valence-corrected chi connectivity index (χ4v) is 3.54. The zero-order valence-electron chi connectivity index (χ0n) is 14.6. The molecule has 3 rings (SSSR count). The number of hydrogen-bond donors (Lipinski definition) is 2. The van der Waals surface area contributed by atoms with E-state index in [9.17, 15) is 22.8 Å². The van der Waals surface area contributed by atoms with Gasteiger partial charge < -0.3 is 5.32 Å². The Kier molecular flexibility index (Phi) is 5.70. The molecule has 0 saturated heterocycles. The molecule has 0 unspecified atom stereocenters. The normalized spacial score (nSPS) is 15.4. The highest BCUT2D eigenvalue weighted by atomic mass is 35.5. The molecular weight excluding hydrogens is 434 g/mol. The number of nitrogens with two attached hydrogens (primary N) is 1. The molecule has 1 fully saturated rings. The van der Waals surface area contributed by atoms with Gasteiger partial charge in [-0.25, -0.2) is 20.8 Å². The maximum atomic E-state index is 12.4. The Hall–Kier alpha value is -2.43. The van der Waals surface area contributed by atoms with Gasteiger partial charge in [-0.2, -0.15) is 13.2 Å². The van der Waals surface area contributed by atoms with E-state index in [1.165, 1.54) is 0 Å². The Morgan fingerprint density at radius 2 is 1.79 bits per heavy atom. The van der Waals surface area contributed by atoms with Crippen molar-refractivity contribution in [2.24, 2.45) is 5.84 Å². The predicted molar refractivity (Wildman–Crippen MR) is 99.1 cm³/mol. The SMILES string of the molecule is NN(C(=O)c1cnc(NC2(c3ccc(Cl)cc3Cl)CCC2)nc1)C(=O)C(F)(F)F. The van der Waals surface area contributed by atoms with Gasteiger partial charge in [-0.05, 0) is 37.0 Å². The van der Waals surface area contributed by atoms with E-state index in [1.807, 2.05) is 0 Å². The lowest BCUT2D eigenvalue weighted by Gasteiger charge is -2.43. The van der Waals surface area contributed by atoms with E-state index in [4.69, 9.17) is 29.0 Å². The van der Waals surface area contributed by atoms with E-state index in [0.717, 1.165) is 37.2 Å². The fourth-order valence-electron chi connectivity index (χ4n) is 2.95. The number of aromatic nitrogens is 2. The number of anilines is 1. The molecule has 1 aliphatic rings. The second-order valence-corrected chi connectivity index (χ2v) is 7.30. The number of imide groups is 1. The first-order chi connectivity index (χ1) is 13.5. The molecule has 1 heterocycles. The molecule has 1 saturated carbocycles. The molecule has 0 radical (unpaired) electrons.